The zero-order valence-electron chi connectivity index (χ0n) is 24.0. The van der Waals surface area contributed by atoms with Gasteiger partial charge in [-0.2, -0.15) is 0 Å². The molecule has 3 aliphatic heterocycles. The van der Waals surface area contributed by atoms with E-state index in [9.17, 15) is 9.90 Å². The number of hydrogen-bond acceptors (Lipinski definition) is 10. The average molecular weight is 562 g/mol. The van der Waals surface area contributed by atoms with Crippen LogP contribution in [0.1, 0.15) is 95.4 Å². The van der Waals surface area contributed by atoms with E-state index in [1.165, 1.54) is 0 Å². The number of ether oxygens (including phenoxy) is 1. The molecule has 3 fully saturated rings. The molecule has 11 heteroatoms. The second-order valence-corrected chi connectivity index (χ2v) is 13.3. The van der Waals surface area contributed by atoms with Crippen LogP contribution in [0.15, 0.2) is 4.52 Å². The number of fused-ring (bicyclic) bond motifs is 4. The summed E-state index contributed by atoms with van der Waals surface area (Å²) in [5, 5.41) is 25.1. The van der Waals surface area contributed by atoms with E-state index in [2.05, 4.69) is 22.3 Å². The number of piperidine rings is 1. The van der Waals surface area contributed by atoms with Gasteiger partial charge in [0.15, 0.2) is 22.9 Å². The standard InChI is InChI=1S/C30H39N7O4/c1-17(20-8-6-14-31-20)37-27-22-26(36-16-29(2,39)13-10-18(36)15-40-28(22)34-37)32-25(33-27)23-19-7-5-12-30(24(19)41-35-23)11-4-3-9-21(30)38/h17-18,20,31,39H,3-16H2,1-2H3/t17-,18+,20-,29+,30+/m0/s1. The van der Waals surface area contributed by atoms with Gasteiger partial charge in [0.05, 0.1) is 23.1 Å². The first-order chi connectivity index (χ1) is 19.8. The van der Waals surface area contributed by atoms with Crippen molar-refractivity contribution in [3.63, 3.8) is 0 Å². The molecule has 0 bridgehead atoms. The Hall–Kier alpha value is -3.05. The van der Waals surface area contributed by atoms with Crippen molar-refractivity contribution in [3.8, 4) is 17.4 Å². The van der Waals surface area contributed by atoms with E-state index in [1.807, 2.05) is 11.6 Å². The maximum atomic E-state index is 13.3. The minimum absolute atomic E-state index is 0.0574. The van der Waals surface area contributed by atoms with Crippen LogP contribution in [0.25, 0.3) is 22.6 Å². The second kappa shape index (κ2) is 9.22. The zero-order chi connectivity index (χ0) is 27.9. The van der Waals surface area contributed by atoms with Crippen molar-refractivity contribution < 1.29 is 19.2 Å². The van der Waals surface area contributed by atoms with Crippen LogP contribution in [0.5, 0.6) is 5.88 Å². The number of aliphatic hydroxyl groups is 1. The topological polar surface area (TPSA) is 131 Å². The molecule has 41 heavy (non-hydrogen) atoms. The number of nitrogens with one attached hydrogen (secondary N) is 1. The van der Waals surface area contributed by atoms with E-state index < -0.39 is 11.0 Å². The Morgan fingerprint density at radius 3 is 2.80 bits per heavy atom. The third-order valence-corrected chi connectivity index (χ3v) is 10.5. The first-order valence-electron chi connectivity index (χ1n) is 15.5. The Labute approximate surface area is 239 Å². The minimum atomic E-state index is -0.837. The molecule has 2 N–H and O–H groups in total. The number of Topliss-reactive ketones (excluding diaryl/α,β-unsaturated/α-hetero) is 1. The molecule has 1 saturated carbocycles. The lowest BCUT2D eigenvalue weighted by Gasteiger charge is -2.42. The van der Waals surface area contributed by atoms with E-state index in [0.29, 0.717) is 49.0 Å². The molecule has 2 saturated heterocycles. The molecule has 218 valence electrons. The predicted molar refractivity (Wildman–Crippen MR) is 151 cm³/mol. The molecule has 3 aromatic heterocycles. The molecule has 5 atom stereocenters. The van der Waals surface area contributed by atoms with Crippen LogP contribution in [0.4, 0.5) is 5.82 Å². The monoisotopic (exact) mass is 561 g/mol. The molecule has 0 radical (unpaired) electrons. The fourth-order valence-electron chi connectivity index (χ4n) is 8.16. The Balaban J connectivity index is 1.32. The van der Waals surface area contributed by atoms with E-state index in [1.54, 1.807) is 0 Å². The van der Waals surface area contributed by atoms with Crippen molar-refractivity contribution in [2.45, 2.75) is 114 Å². The summed E-state index contributed by atoms with van der Waals surface area (Å²) >= 11 is 0. The summed E-state index contributed by atoms with van der Waals surface area (Å²) in [5.41, 5.74) is 0.915. The normalized spacial score (nSPS) is 32.1. The molecule has 11 nitrogen and oxygen atoms in total. The summed E-state index contributed by atoms with van der Waals surface area (Å²) in [6, 6.07) is 0.422. The summed E-state index contributed by atoms with van der Waals surface area (Å²) in [4.78, 5) is 25.8. The van der Waals surface area contributed by atoms with Gasteiger partial charge in [0.1, 0.15) is 23.6 Å². The Morgan fingerprint density at radius 2 is 1.98 bits per heavy atom. The number of rotatable bonds is 3. The van der Waals surface area contributed by atoms with E-state index >= 15 is 0 Å². The molecule has 0 aromatic carbocycles. The first kappa shape index (κ1) is 25.6. The van der Waals surface area contributed by atoms with Crippen LogP contribution >= 0.6 is 0 Å². The lowest BCUT2D eigenvalue weighted by molar-refractivity contribution is -0.128. The molecule has 3 aromatic rings. The molecule has 1 spiro atoms. The van der Waals surface area contributed by atoms with Gasteiger partial charge in [-0.1, -0.05) is 11.6 Å². The van der Waals surface area contributed by atoms with Crippen LogP contribution in [-0.4, -0.2) is 73.2 Å². The minimum Gasteiger partial charge on any atom is -0.474 e. The van der Waals surface area contributed by atoms with Crippen LogP contribution in [0.3, 0.4) is 0 Å². The van der Waals surface area contributed by atoms with Gasteiger partial charge in [-0.05, 0) is 78.2 Å². The Kier molecular flexibility index (Phi) is 5.77. The second-order valence-electron chi connectivity index (χ2n) is 13.3. The number of hydrogen-bond donors (Lipinski definition) is 2. The van der Waals surface area contributed by atoms with E-state index in [4.69, 9.17) is 24.3 Å². The van der Waals surface area contributed by atoms with Crippen molar-refractivity contribution in [2.75, 3.05) is 24.6 Å². The quantitative estimate of drug-likeness (QED) is 0.489. The largest absolute Gasteiger partial charge is 0.474 e. The van der Waals surface area contributed by atoms with Crippen LogP contribution in [0.2, 0.25) is 0 Å². The maximum Gasteiger partial charge on any atom is 0.246 e. The lowest BCUT2D eigenvalue weighted by atomic mass is 9.64. The summed E-state index contributed by atoms with van der Waals surface area (Å²) in [6.45, 7) is 6.00. The highest BCUT2D eigenvalue weighted by Crippen LogP contribution is 2.48. The molecule has 6 heterocycles. The van der Waals surface area contributed by atoms with Crippen LogP contribution in [-0.2, 0) is 16.6 Å². The van der Waals surface area contributed by atoms with Crippen molar-refractivity contribution in [3.05, 3.63) is 11.3 Å². The summed E-state index contributed by atoms with van der Waals surface area (Å²) in [7, 11) is 0. The fourth-order valence-corrected chi connectivity index (χ4v) is 8.16. The number of aromatic nitrogens is 5. The lowest BCUT2D eigenvalue weighted by Crippen LogP contribution is -2.53. The van der Waals surface area contributed by atoms with E-state index in [-0.39, 0.29) is 23.9 Å². The summed E-state index contributed by atoms with van der Waals surface area (Å²) in [6.07, 6.45) is 9.64. The maximum absolute atomic E-state index is 13.3. The van der Waals surface area contributed by atoms with Crippen molar-refractivity contribution in [1.29, 1.82) is 0 Å². The van der Waals surface area contributed by atoms with Gasteiger partial charge >= 0.3 is 0 Å². The number of anilines is 1. The van der Waals surface area contributed by atoms with Crippen LogP contribution < -0.4 is 15.0 Å². The van der Waals surface area contributed by atoms with Gasteiger partial charge in [-0.25, -0.2) is 14.6 Å². The number of carbonyl (C=O) groups is 1. The fraction of sp³-hybridized carbons (Fsp3) is 0.700. The number of nitrogens with zero attached hydrogens (tertiary/aromatic N) is 6. The zero-order valence-corrected chi connectivity index (χ0v) is 24.0. The van der Waals surface area contributed by atoms with Crippen molar-refractivity contribution >= 4 is 22.6 Å². The number of carbonyl (C=O) groups excluding carboxylic acids is 1. The highest BCUT2D eigenvalue weighted by molar-refractivity contribution is 5.95. The summed E-state index contributed by atoms with van der Waals surface area (Å²) < 4.78 is 14.4. The van der Waals surface area contributed by atoms with Crippen molar-refractivity contribution in [2.24, 2.45) is 0 Å². The van der Waals surface area contributed by atoms with Gasteiger partial charge in [0.2, 0.25) is 5.88 Å². The van der Waals surface area contributed by atoms with Gasteiger partial charge in [0.25, 0.3) is 0 Å². The third kappa shape index (κ3) is 3.87. The Bertz CT molecular complexity index is 1520. The molecular formula is C30H39N7O4. The van der Waals surface area contributed by atoms with Crippen LogP contribution in [0, 0.1) is 0 Å². The highest BCUT2D eigenvalue weighted by Gasteiger charge is 2.49. The molecular weight excluding hydrogens is 522 g/mol. The van der Waals surface area contributed by atoms with Gasteiger partial charge in [-0.3, -0.25) is 4.79 Å². The molecule has 0 unspecified atom stereocenters. The summed E-state index contributed by atoms with van der Waals surface area (Å²) in [5.74, 6) is 2.79. The SMILES string of the molecule is C[C@@H]([C@@H]1CCCN1)n1nc2c3c(nc(-c4noc5c4CCC[C@@]54CCCCC4=O)nc31)N1C[C@](C)(O)CC[C@@H]1CO2. The van der Waals surface area contributed by atoms with Gasteiger partial charge < -0.3 is 24.6 Å². The first-order valence-corrected chi connectivity index (χ1v) is 15.5. The molecule has 8 rings (SSSR count). The predicted octanol–water partition coefficient (Wildman–Crippen LogP) is 3.62. The average Bonchev–Trinajstić information content (AvgIpc) is 3.71. The van der Waals surface area contributed by atoms with Crippen molar-refractivity contribution in [1.82, 2.24) is 30.2 Å². The van der Waals surface area contributed by atoms with Gasteiger partial charge in [0, 0.05) is 24.6 Å². The third-order valence-electron chi connectivity index (χ3n) is 10.5. The highest BCUT2D eigenvalue weighted by atomic mass is 16.5. The smallest absolute Gasteiger partial charge is 0.246 e. The van der Waals surface area contributed by atoms with E-state index in [0.717, 1.165) is 86.9 Å². The molecule has 2 aliphatic carbocycles. The van der Waals surface area contributed by atoms with Gasteiger partial charge in [-0.15, -0.1) is 5.10 Å². The Morgan fingerprint density at radius 1 is 1.10 bits per heavy atom. The molecule has 0 amide bonds. The number of ketones is 1. The molecule has 5 aliphatic rings.